The van der Waals surface area contributed by atoms with Crippen molar-refractivity contribution in [1.29, 1.82) is 0 Å². The van der Waals surface area contributed by atoms with Crippen LogP contribution in [-0.4, -0.2) is 26.4 Å². The smallest absolute Gasteiger partial charge is 0.129 e. The number of nitrogens with two attached hydrogens (primary N) is 1. The number of rotatable bonds is 6. The lowest BCUT2D eigenvalue weighted by Gasteiger charge is -2.21. The maximum atomic E-state index is 13.5. The molecule has 2 atom stereocenters. The van der Waals surface area contributed by atoms with E-state index in [9.17, 15) is 4.39 Å². The van der Waals surface area contributed by atoms with Gasteiger partial charge in [-0.3, -0.25) is 0 Å². The Labute approximate surface area is 95.4 Å². The van der Waals surface area contributed by atoms with Gasteiger partial charge in [0.2, 0.25) is 0 Å². The van der Waals surface area contributed by atoms with Gasteiger partial charge in [0, 0.05) is 19.2 Å². The maximum Gasteiger partial charge on any atom is 0.129 e. The summed E-state index contributed by atoms with van der Waals surface area (Å²) in [5.41, 5.74) is 6.08. The highest BCUT2D eigenvalue weighted by atomic mass is 19.1. The summed E-state index contributed by atoms with van der Waals surface area (Å²) in [5, 5.41) is 0. The second kappa shape index (κ2) is 6.58. The van der Waals surface area contributed by atoms with E-state index in [0.29, 0.717) is 12.2 Å². The van der Waals surface area contributed by atoms with E-state index in [1.54, 1.807) is 25.3 Å². The monoisotopic (exact) mass is 227 g/mol. The molecule has 0 fully saturated rings. The molecule has 0 spiro atoms. The fourth-order valence-corrected chi connectivity index (χ4v) is 1.55. The van der Waals surface area contributed by atoms with Gasteiger partial charge in [0.15, 0.2) is 0 Å². The summed E-state index contributed by atoms with van der Waals surface area (Å²) in [4.78, 5) is 0. The number of benzene rings is 1. The lowest BCUT2D eigenvalue weighted by molar-refractivity contribution is -0.0374. The highest BCUT2D eigenvalue weighted by molar-refractivity contribution is 5.20. The number of hydrogen-bond donors (Lipinski definition) is 1. The largest absolute Gasteiger partial charge is 0.382 e. The number of hydrogen-bond acceptors (Lipinski definition) is 3. The average molecular weight is 227 g/mol. The molecule has 0 bridgehead atoms. The Morgan fingerprint density at radius 1 is 1.38 bits per heavy atom. The van der Waals surface area contributed by atoms with Crippen molar-refractivity contribution in [3.8, 4) is 0 Å². The molecule has 16 heavy (non-hydrogen) atoms. The van der Waals surface area contributed by atoms with Gasteiger partial charge in [-0.05, 0) is 13.0 Å². The minimum Gasteiger partial charge on any atom is -0.382 e. The van der Waals surface area contributed by atoms with Gasteiger partial charge in [-0.2, -0.15) is 0 Å². The SMILES string of the molecule is COCC(C)OC(CN)c1ccccc1F. The van der Waals surface area contributed by atoms with Crippen molar-refractivity contribution in [2.45, 2.75) is 19.1 Å². The minimum atomic E-state index is -0.425. The van der Waals surface area contributed by atoms with Crippen molar-refractivity contribution < 1.29 is 13.9 Å². The van der Waals surface area contributed by atoms with Crippen LogP contribution in [0.2, 0.25) is 0 Å². The van der Waals surface area contributed by atoms with Crippen LogP contribution < -0.4 is 5.73 Å². The van der Waals surface area contributed by atoms with Crippen molar-refractivity contribution in [3.63, 3.8) is 0 Å². The lowest BCUT2D eigenvalue weighted by Crippen LogP contribution is -2.24. The summed E-state index contributed by atoms with van der Waals surface area (Å²) < 4.78 is 24.1. The normalized spacial score (nSPS) is 14.8. The van der Waals surface area contributed by atoms with Crippen LogP contribution in [0.15, 0.2) is 24.3 Å². The van der Waals surface area contributed by atoms with Gasteiger partial charge in [-0.15, -0.1) is 0 Å². The van der Waals surface area contributed by atoms with Crippen LogP contribution in [0.4, 0.5) is 4.39 Å². The molecule has 1 aromatic rings. The molecule has 90 valence electrons. The predicted molar refractivity (Wildman–Crippen MR) is 60.6 cm³/mol. The summed E-state index contributed by atoms with van der Waals surface area (Å²) >= 11 is 0. The van der Waals surface area contributed by atoms with E-state index in [-0.39, 0.29) is 18.5 Å². The molecule has 4 heteroatoms. The Morgan fingerprint density at radius 3 is 2.62 bits per heavy atom. The maximum absolute atomic E-state index is 13.5. The molecule has 3 nitrogen and oxygen atoms in total. The molecule has 2 unspecified atom stereocenters. The molecule has 0 saturated carbocycles. The van der Waals surface area contributed by atoms with Crippen LogP contribution in [0.1, 0.15) is 18.6 Å². The van der Waals surface area contributed by atoms with E-state index in [2.05, 4.69) is 0 Å². The minimum absolute atomic E-state index is 0.113. The Kier molecular flexibility index (Phi) is 5.38. The zero-order chi connectivity index (χ0) is 12.0. The second-order valence-corrected chi connectivity index (χ2v) is 3.65. The van der Waals surface area contributed by atoms with Crippen LogP contribution >= 0.6 is 0 Å². The molecule has 2 N–H and O–H groups in total. The highest BCUT2D eigenvalue weighted by Gasteiger charge is 2.17. The first-order valence-electron chi connectivity index (χ1n) is 5.28. The molecule has 0 aliphatic rings. The lowest BCUT2D eigenvalue weighted by atomic mass is 10.1. The van der Waals surface area contributed by atoms with Gasteiger partial charge in [-0.1, -0.05) is 18.2 Å². The first-order valence-corrected chi connectivity index (χ1v) is 5.28. The molecule has 0 radical (unpaired) electrons. The topological polar surface area (TPSA) is 44.5 Å². The summed E-state index contributed by atoms with van der Waals surface area (Å²) in [6.45, 7) is 2.58. The van der Waals surface area contributed by atoms with Crippen molar-refractivity contribution in [2.75, 3.05) is 20.3 Å². The molecule has 0 heterocycles. The summed E-state index contributed by atoms with van der Waals surface area (Å²) in [6, 6.07) is 6.51. The molecule has 1 rings (SSSR count). The van der Waals surface area contributed by atoms with E-state index in [0.717, 1.165) is 0 Å². The summed E-state index contributed by atoms with van der Waals surface area (Å²) in [5.74, 6) is -0.289. The van der Waals surface area contributed by atoms with Gasteiger partial charge in [-0.25, -0.2) is 4.39 Å². The zero-order valence-corrected chi connectivity index (χ0v) is 9.65. The molecule has 1 aromatic carbocycles. The molecule has 0 aliphatic heterocycles. The first kappa shape index (κ1) is 13.1. The van der Waals surface area contributed by atoms with Crippen molar-refractivity contribution >= 4 is 0 Å². The van der Waals surface area contributed by atoms with Crippen molar-refractivity contribution in [3.05, 3.63) is 35.6 Å². The molecule has 0 saturated heterocycles. The van der Waals surface area contributed by atoms with Crippen molar-refractivity contribution in [1.82, 2.24) is 0 Å². The third kappa shape index (κ3) is 3.56. The van der Waals surface area contributed by atoms with Crippen molar-refractivity contribution in [2.24, 2.45) is 5.73 Å². The average Bonchev–Trinajstić information content (AvgIpc) is 2.27. The third-order valence-corrected chi connectivity index (χ3v) is 2.26. The fraction of sp³-hybridized carbons (Fsp3) is 0.500. The quantitative estimate of drug-likeness (QED) is 0.807. The van der Waals surface area contributed by atoms with Crippen LogP contribution in [0.5, 0.6) is 0 Å². The standard InChI is InChI=1S/C12H18FNO2/c1-9(8-15-2)16-12(7-14)10-5-3-4-6-11(10)13/h3-6,9,12H,7-8,14H2,1-2H3. The van der Waals surface area contributed by atoms with E-state index in [4.69, 9.17) is 15.2 Å². The molecule has 0 amide bonds. The van der Waals surface area contributed by atoms with Crippen LogP contribution in [-0.2, 0) is 9.47 Å². The Bertz CT molecular complexity index is 320. The number of ether oxygens (including phenoxy) is 2. The van der Waals surface area contributed by atoms with Gasteiger partial charge in [0.1, 0.15) is 5.82 Å². The molecular formula is C12H18FNO2. The van der Waals surface area contributed by atoms with E-state index < -0.39 is 6.10 Å². The highest BCUT2D eigenvalue weighted by Crippen LogP contribution is 2.20. The summed E-state index contributed by atoms with van der Waals surface area (Å²) in [7, 11) is 1.60. The number of methoxy groups -OCH3 is 1. The summed E-state index contributed by atoms with van der Waals surface area (Å²) in [6.07, 6.45) is -0.537. The first-order chi connectivity index (χ1) is 7.69. The van der Waals surface area contributed by atoms with Crippen LogP contribution in [0.25, 0.3) is 0 Å². The van der Waals surface area contributed by atoms with Gasteiger partial charge in [0.25, 0.3) is 0 Å². The van der Waals surface area contributed by atoms with E-state index >= 15 is 0 Å². The fourth-order valence-electron chi connectivity index (χ4n) is 1.55. The van der Waals surface area contributed by atoms with Gasteiger partial charge >= 0.3 is 0 Å². The molecule has 0 aliphatic carbocycles. The molecule has 0 aromatic heterocycles. The predicted octanol–water partition coefficient (Wildman–Crippen LogP) is 1.88. The molecular weight excluding hydrogens is 209 g/mol. The number of halogens is 1. The van der Waals surface area contributed by atoms with Gasteiger partial charge < -0.3 is 15.2 Å². The van der Waals surface area contributed by atoms with Crippen LogP contribution in [0.3, 0.4) is 0 Å². The van der Waals surface area contributed by atoms with E-state index in [1.807, 2.05) is 6.92 Å². The Balaban J connectivity index is 2.71. The third-order valence-electron chi connectivity index (χ3n) is 2.26. The van der Waals surface area contributed by atoms with Crippen LogP contribution in [0, 0.1) is 5.82 Å². The Hall–Kier alpha value is -0.970. The van der Waals surface area contributed by atoms with E-state index in [1.165, 1.54) is 6.07 Å². The Morgan fingerprint density at radius 2 is 2.06 bits per heavy atom. The zero-order valence-electron chi connectivity index (χ0n) is 9.65. The van der Waals surface area contributed by atoms with Gasteiger partial charge in [0.05, 0.1) is 18.8 Å². The second-order valence-electron chi connectivity index (χ2n) is 3.65.